The van der Waals surface area contributed by atoms with Gasteiger partial charge in [0.15, 0.2) is 0 Å². The lowest BCUT2D eigenvalue weighted by Crippen LogP contribution is -2.25. The standard InChI is InChI=1S/C14H25BrN2O2S2/c1-4-7-16-10-12-9-13(14(15)20-12)21(18,19)17-8-5-6-11(2)3/h9,11,16-17H,4-8,10H2,1-3H3. The first kappa shape index (κ1) is 19.1. The van der Waals surface area contributed by atoms with Crippen LogP contribution in [-0.2, 0) is 16.6 Å². The molecule has 0 spiro atoms. The second kappa shape index (κ2) is 9.25. The summed E-state index contributed by atoms with van der Waals surface area (Å²) in [6.07, 6.45) is 2.96. The SMILES string of the molecule is CCCNCc1cc(S(=O)(=O)NCCCC(C)C)c(Br)s1. The van der Waals surface area contributed by atoms with Crippen LogP contribution in [0, 0.1) is 5.92 Å². The van der Waals surface area contributed by atoms with E-state index in [1.807, 2.05) is 0 Å². The van der Waals surface area contributed by atoms with Gasteiger partial charge in [0.1, 0.15) is 4.90 Å². The van der Waals surface area contributed by atoms with Gasteiger partial charge in [-0.2, -0.15) is 0 Å². The fourth-order valence-corrected chi connectivity index (χ4v) is 5.58. The number of hydrogen-bond acceptors (Lipinski definition) is 4. The molecule has 0 unspecified atom stereocenters. The third-order valence-electron chi connectivity index (χ3n) is 2.97. The molecule has 0 fully saturated rings. The van der Waals surface area contributed by atoms with Crippen molar-refractivity contribution in [1.29, 1.82) is 0 Å². The number of nitrogens with one attached hydrogen (secondary N) is 2. The van der Waals surface area contributed by atoms with Gasteiger partial charge in [0.2, 0.25) is 10.0 Å². The molecule has 0 atom stereocenters. The molecule has 7 heteroatoms. The van der Waals surface area contributed by atoms with Crippen molar-refractivity contribution in [3.63, 3.8) is 0 Å². The predicted molar refractivity (Wildman–Crippen MR) is 93.3 cm³/mol. The Bertz CT molecular complexity index is 527. The molecule has 0 radical (unpaired) electrons. The highest BCUT2D eigenvalue weighted by Crippen LogP contribution is 2.31. The average molecular weight is 397 g/mol. The first-order chi connectivity index (χ1) is 9.86. The van der Waals surface area contributed by atoms with Crippen LogP contribution in [0.25, 0.3) is 0 Å². The third kappa shape index (κ3) is 6.78. The summed E-state index contributed by atoms with van der Waals surface area (Å²) >= 11 is 4.84. The minimum Gasteiger partial charge on any atom is -0.312 e. The van der Waals surface area contributed by atoms with E-state index < -0.39 is 10.0 Å². The van der Waals surface area contributed by atoms with Gasteiger partial charge in [-0.1, -0.05) is 20.8 Å². The lowest BCUT2D eigenvalue weighted by molar-refractivity contribution is 0.540. The largest absolute Gasteiger partial charge is 0.312 e. The average Bonchev–Trinajstić information content (AvgIpc) is 2.77. The summed E-state index contributed by atoms with van der Waals surface area (Å²) in [7, 11) is -3.41. The maximum absolute atomic E-state index is 12.3. The van der Waals surface area contributed by atoms with Crippen LogP contribution in [0.15, 0.2) is 14.7 Å². The van der Waals surface area contributed by atoms with Crippen molar-refractivity contribution in [3.8, 4) is 0 Å². The zero-order valence-corrected chi connectivity index (χ0v) is 16.1. The Labute approximate surface area is 140 Å². The molecule has 2 N–H and O–H groups in total. The molecule has 0 saturated carbocycles. The van der Waals surface area contributed by atoms with E-state index in [9.17, 15) is 8.42 Å². The van der Waals surface area contributed by atoms with E-state index in [1.54, 1.807) is 6.07 Å². The highest BCUT2D eigenvalue weighted by Gasteiger charge is 2.20. The third-order valence-corrected chi connectivity index (χ3v) is 6.69. The zero-order chi connectivity index (χ0) is 15.9. The van der Waals surface area contributed by atoms with E-state index in [0.717, 1.165) is 30.7 Å². The quantitative estimate of drug-likeness (QED) is 0.592. The van der Waals surface area contributed by atoms with Gasteiger partial charge in [0, 0.05) is 18.0 Å². The van der Waals surface area contributed by atoms with Crippen LogP contribution < -0.4 is 10.0 Å². The topological polar surface area (TPSA) is 58.2 Å². The second-order valence-corrected chi connectivity index (χ2v) is 9.65. The van der Waals surface area contributed by atoms with Crippen molar-refractivity contribution in [3.05, 3.63) is 14.7 Å². The van der Waals surface area contributed by atoms with Crippen LogP contribution in [-0.4, -0.2) is 21.5 Å². The second-order valence-electron chi connectivity index (χ2n) is 5.46. The molecule has 0 aliphatic rings. The van der Waals surface area contributed by atoms with Gasteiger partial charge in [-0.3, -0.25) is 0 Å². The molecular weight excluding hydrogens is 372 g/mol. The summed E-state index contributed by atoms with van der Waals surface area (Å²) in [5, 5.41) is 3.28. The number of halogens is 1. The van der Waals surface area contributed by atoms with Crippen molar-refractivity contribution in [1.82, 2.24) is 10.0 Å². The predicted octanol–water partition coefficient (Wildman–Crippen LogP) is 3.72. The first-order valence-corrected chi connectivity index (χ1v) is 10.4. The van der Waals surface area contributed by atoms with Crippen molar-refractivity contribution < 1.29 is 8.42 Å². The molecule has 1 aromatic rings. The van der Waals surface area contributed by atoms with Crippen LogP contribution in [0.3, 0.4) is 0 Å². The summed E-state index contributed by atoms with van der Waals surface area (Å²) in [4.78, 5) is 1.38. The molecule has 0 aliphatic heterocycles. The smallest absolute Gasteiger partial charge is 0.242 e. The Morgan fingerprint density at radius 1 is 1.33 bits per heavy atom. The summed E-state index contributed by atoms with van der Waals surface area (Å²) in [5.41, 5.74) is 0. The van der Waals surface area contributed by atoms with Crippen LogP contribution in [0.5, 0.6) is 0 Å². The van der Waals surface area contributed by atoms with Crippen LogP contribution >= 0.6 is 27.3 Å². The van der Waals surface area contributed by atoms with E-state index in [2.05, 4.69) is 46.7 Å². The summed E-state index contributed by atoms with van der Waals surface area (Å²) < 4.78 is 27.9. The number of rotatable bonds is 10. The molecule has 1 aromatic heterocycles. The minimum absolute atomic E-state index is 0.352. The van der Waals surface area contributed by atoms with Crippen LogP contribution in [0.2, 0.25) is 0 Å². The van der Waals surface area contributed by atoms with Crippen molar-refractivity contribution >= 4 is 37.3 Å². The minimum atomic E-state index is -3.41. The molecule has 0 aliphatic carbocycles. The molecule has 0 saturated heterocycles. The fourth-order valence-electron chi connectivity index (χ4n) is 1.85. The van der Waals surface area contributed by atoms with Crippen LogP contribution in [0.4, 0.5) is 0 Å². The summed E-state index contributed by atoms with van der Waals surface area (Å²) in [6.45, 7) is 8.52. The molecule has 1 rings (SSSR count). The van der Waals surface area contributed by atoms with Gasteiger partial charge < -0.3 is 5.32 Å². The molecule has 0 bridgehead atoms. The number of thiophene rings is 1. The monoisotopic (exact) mass is 396 g/mol. The zero-order valence-electron chi connectivity index (χ0n) is 12.9. The van der Waals surface area contributed by atoms with Gasteiger partial charge in [0.05, 0.1) is 3.79 Å². The maximum Gasteiger partial charge on any atom is 0.242 e. The summed E-state index contributed by atoms with van der Waals surface area (Å²) in [6, 6.07) is 1.75. The normalized spacial score (nSPS) is 12.2. The van der Waals surface area contributed by atoms with Gasteiger partial charge in [-0.25, -0.2) is 13.1 Å². The molecule has 122 valence electrons. The fraction of sp³-hybridized carbons (Fsp3) is 0.714. The van der Waals surface area contributed by atoms with E-state index in [0.29, 0.717) is 27.7 Å². The van der Waals surface area contributed by atoms with E-state index in [1.165, 1.54) is 11.3 Å². The molecule has 4 nitrogen and oxygen atoms in total. The van der Waals surface area contributed by atoms with Crippen molar-refractivity contribution in [2.24, 2.45) is 5.92 Å². The van der Waals surface area contributed by atoms with E-state index >= 15 is 0 Å². The number of hydrogen-bond donors (Lipinski definition) is 2. The molecule has 0 amide bonds. The van der Waals surface area contributed by atoms with E-state index in [-0.39, 0.29) is 0 Å². The van der Waals surface area contributed by atoms with Gasteiger partial charge >= 0.3 is 0 Å². The first-order valence-electron chi connectivity index (χ1n) is 7.35. The lowest BCUT2D eigenvalue weighted by atomic mass is 10.1. The van der Waals surface area contributed by atoms with Crippen LogP contribution in [0.1, 0.15) is 44.9 Å². The molecule has 1 heterocycles. The van der Waals surface area contributed by atoms with Gasteiger partial charge in [0.25, 0.3) is 0 Å². The Morgan fingerprint density at radius 2 is 2.05 bits per heavy atom. The van der Waals surface area contributed by atoms with Crippen molar-refractivity contribution in [2.75, 3.05) is 13.1 Å². The van der Waals surface area contributed by atoms with Crippen molar-refractivity contribution in [2.45, 2.75) is 51.5 Å². The highest BCUT2D eigenvalue weighted by molar-refractivity contribution is 9.11. The Morgan fingerprint density at radius 3 is 2.67 bits per heavy atom. The Kier molecular flexibility index (Phi) is 8.41. The van der Waals surface area contributed by atoms with E-state index in [4.69, 9.17) is 0 Å². The Hall–Kier alpha value is 0.0500. The Balaban J connectivity index is 2.61. The maximum atomic E-state index is 12.3. The van der Waals surface area contributed by atoms with Gasteiger partial charge in [-0.15, -0.1) is 11.3 Å². The lowest BCUT2D eigenvalue weighted by Gasteiger charge is -2.07. The summed E-state index contributed by atoms with van der Waals surface area (Å²) in [5.74, 6) is 0.596. The number of sulfonamides is 1. The molecule has 21 heavy (non-hydrogen) atoms. The molecule has 0 aromatic carbocycles. The molecular formula is C14H25BrN2O2S2. The van der Waals surface area contributed by atoms with Gasteiger partial charge in [-0.05, 0) is 53.7 Å². The highest BCUT2D eigenvalue weighted by atomic mass is 79.9.